The van der Waals surface area contributed by atoms with Gasteiger partial charge in [-0.1, -0.05) is 24.3 Å². The first-order valence-electron chi connectivity index (χ1n) is 10.6. The molecule has 0 atom stereocenters. The summed E-state index contributed by atoms with van der Waals surface area (Å²) in [5, 5.41) is 6.39. The number of piperazine rings is 1. The number of fused-ring (bicyclic) bond motifs is 1. The Labute approximate surface area is 182 Å². The molecule has 8 nitrogen and oxygen atoms in total. The number of carbonyl (C=O) groups is 1. The molecule has 2 aromatic rings. The molecule has 2 heterocycles. The number of ether oxygens (including phenoxy) is 2. The van der Waals surface area contributed by atoms with E-state index in [0.29, 0.717) is 12.5 Å². The average Bonchev–Trinajstić information content (AvgIpc) is 3.30. The molecule has 0 aliphatic carbocycles. The van der Waals surface area contributed by atoms with Crippen LogP contribution >= 0.6 is 0 Å². The first-order chi connectivity index (χ1) is 15.2. The highest BCUT2D eigenvalue weighted by molar-refractivity contribution is 5.86. The number of anilines is 1. The summed E-state index contributed by atoms with van der Waals surface area (Å²) >= 11 is 0. The fourth-order valence-corrected chi connectivity index (χ4v) is 3.77. The van der Waals surface area contributed by atoms with Gasteiger partial charge in [0.25, 0.3) is 0 Å². The summed E-state index contributed by atoms with van der Waals surface area (Å²) in [6.45, 7) is 4.36. The quantitative estimate of drug-likeness (QED) is 0.541. The van der Waals surface area contributed by atoms with Gasteiger partial charge in [0.2, 0.25) is 12.7 Å². The van der Waals surface area contributed by atoms with Crippen molar-refractivity contribution in [3.8, 4) is 11.5 Å². The van der Waals surface area contributed by atoms with Gasteiger partial charge in [-0.05, 0) is 36.2 Å². The van der Waals surface area contributed by atoms with E-state index in [1.165, 1.54) is 5.69 Å². The van der Waals surface area contributed by atoms with Crippen molar-refractivity contribution in [3.05, 3.63) is 54.1 Å². The first kappa shape index (κ1) is 20.8. The second-order valence-electron chi connectivity index (χ2n) is 7.49. The maximum atomic E-state index is 12.6. The van der Waals surface area contributed by atoms with Crippen molar-refractivity contribution in [1.82, 2.24) is 15.5 Å². The van der Waals surface area contributed by atoms with Crippen LogP contribution in [0.2, 0.25) is 0 Å². The fraction of sp³-hybridized carbons (Fsp3) is 0.391. The van der Waals surface area contributed by atoms with Crippen molar-refractivity contribution < 1.29 is 14.3 Å². The normalized spacial score (nSPS) is 15.7. The summed E-state index contributed by atoms with van der Waals surface area (Å²) in [5.74, 6) is 2.29. The van der Waals surface area contributed by atoms with E-state index in [0.717, 1.165) is 49.7 Å². The van der Waals surface area contributed by atoms with Gasteiger partial charge in [0.1, 0.15) is 0 Å². The lowest BCUT2D eigenvalue weighted by Crippen LogP contribution is -2.52. The lowest BCUT2D eigenvalue weighted by molar-refractivity contribution is -0.130. The Kier molecular flexibility index (Phi) is 6.76. The van der Waals surface area contributed by atoms with Crippen LogP contribution in [-0.2, 0) is 11.2 Å². The second-order valence-corrected chi connectivity index (χ2v) is 7.49. The summed E-state index contributed by atoms with van der Waals surface area (Å²) < 4.78 is 10.8. The van der Waals surface area contributed by atoms with Gasteiger partial charge in [-0.2, -0.15) is 0 Å². The van der Waals surface area contributed by atoms with E-state index >= 15 is 0 Å². The number of aliphatic imine (C=N–C) groups is 1. The molecule has 0 spiro atoms. The Balaban J connectivity index is 1.17. The zero-order valence-corrected chi connectivity index (χ0v) is 17.8. The lowest BCUT2D eigenvalue weighted by atomic mass is 10.1. The van der Waals surface area contributed by atoms with E-state index in [1.54, 1.807) is 7.05 Å². The second kappa shape index (κ2) is 10.1. The van der Waals surface area contributed by atoms with Gasteiger partial charge in [0.05, 0.1) is 6.54 Å². The number of hydrogen-bond acceptors (Lipinski definition) is 5. The number of para-hydroxylation sites is 1. The van der Waals surface area contributed by atoms with Crippen LogP contribution in [0.4, 0.5) is 5.69 Å². The van der Waals surface area contributed by atoms with Crippen LogP contribution in [0.3, 0.4) is 0 Å². The topological polar surface area (TPSA) is 78.4 Å². The number of nitrogens with zero attached hydrogens (tertiary/aromatic N) is 3. The summed E-state index contributed by atoms with van der Waals surface area (Å²) in [7, 11) is 1.71. The third kappa shape index (κ3) is 5.39. The predicted octanol–water partition coefficient (Wildman–Crippen LogP) is 1.47. The molecule has 0 bridgehead atoms. The summed E-state index contributed by atoms with van der Waals surface area (Å²) in [4.78, 5) is 21.0. The highest BCUT2D eigenvalue weighted by atomic mass is 16.7. The van der Waals surface area contributed by atoms with Gasteiger partial charge in [-0.15, -0.1) is 0 Å². The van der Waals surface area contributed by atoms with Gasteiger partial charge in [-0.25, -0.2) is 0 Å². The molecule has 0 saturated carbocycles. The minimum atomic E-state index is 0.0893. The van der Waals surface area contributed by atoms with E-state index in [4.69, 9.17) is 9.47 Å². The number of hydrogen-bond donors (Lipinski definition) is 2. The van der Waals surface area contributed by atoms with E-state index in [9.17, 15) is 4.79 Å². The summed E-state index contributed by atoms with van der Waals surface area (Å²) in [6, 6.07) is 16.3. The van der Waals surface area contributed by atoms with Crippen LogP contribution < -0.4 is 25.0 Å². The number of guanidine groups is 1. The number of benzene rings is 2. The minimum absolute atomic E-state index is 0.0893. The van der Waals surface area contributed by atoms with Gasteiger partial charge >= 0.3 is 0 Å². The SMILES string of the molecule is CN=C(NCCc1ccc2c(c1)OCO2)NCC(=O)N1CCN(c2ccccc2)CC1. The fourth-order valence-electron chi connectivity index (χ4n) is 3.77. The van der Waals surface area contributed by atoms with Crippen molar-refractivity contribution in [2.24, 2.45) is 4.99 Å². The molecule has 0 radical (unpaired) electrons. The molecule has 2 aromatic carbocycles. The highest BCUT2D eigenvalue weighted by Gasteiger charge is 2.21. The zero-order chi connectivity index (χ0) is 21.5. The van der Waals surface area contributed by atoms with Gasteiger partial charge in [0, 0.05) is 45.5 Å². The van der Waals surface area contributed by atoms with Crippen LogP contribution in [0.25, 0.3) is 0 Å². The summed E-state index contributed by atoms with van der Waals surface area (Å²) in [6.07, 6.45) is 0.812. The molecule has 8 heteroatoms. The van der Waals surface area contributed by atoms with E-state index < -0.39 is 0 Å². The Morgan fingerprint density at radius 2 is 1.77 bits per heavy atom. The molecule has 164 valence electrons. The number of rotatable bonds is 6. The van der Waals surface area contributed by atoms with Gasteiger partial charge < -0.3 is 29.9 Å². The molecule has 0 aromatic heterocycles. The molecular formula is C23H29N5O3. The lowest BCUT2D eigenvalue weighted by Gasteiger charge is -2.36. The van der Waals surface area contributed by atoms with Crippen molar-refractivity contribution in [3.63, 3.8) is 0 Å². The average molecular weight is 424 g/mol. The first-order valence-corrected chi connectivity index (χ1v) is 10.6. The van der Waals surface area contributed by atoms with Crippen molar-refractivity contribution >= 4 is 17.6 Å². The van der Waals surface area contributed by atoms with E-state index in [-0.39, 0.29) is 19.2 Å². The summed E-state index contributed by atoms with van der Waals surface area (Å²) in [5.41, 5.74) is 2.36. The van der Waals surface area contributed by atoms with Crippen LogP contribution in [0.5, 0.6) is 11.5 Å². The van der Waals surface area contributed by atoms with Crippen molar-refractivity contribution in [2.45, 2.75) is 6.42 Å². The molecule has 1 amide bonds. The minimum Gasteiger partial charge on any atom is -0.454 e. The Morgan fingerprint density at radius 3 is 2.55 bits per heavy atom. The Bertz CT molecular complexity index is 911. The van der Waals surface area contributed by atoms with Crippen LogP contribution in [0, 0.1) is 0 Å². The monoisotopic (exact) mass is 423 g/mol. The number of amides is 1. The molecule has 1 fully saturated rings. The highest BCUT2D eigenvalue weighted by Crippen LogP contribution is 2.32. The largest absolute Gasteiger partial charge is 0.454 e. The smallest absolute Gasteiger partial charge is 0.242 e. The standard InChI is InChI=1S/C23H29N5O3/c1-24-23(25-10-9-18-7-8-20-21(15-18)31-17-30-20)26-16-22(29)28-13-11-27(12-14-28)19-5-3-2-4-6-19/h2-8,15H,9-14,16-17H2,1H3,(H2,24,25,26). The van der Waals surface area contributed by atoms with Gasteiger partial charge in [-0.3, -0.25) is 9.79 Å². The number of nitrogens with one attached hydrogen (secondary N) is 2. The zero-order valence-electron chi connectivity index (χ0n) is 17.8. The Hall–Kier alpha value is -3.42. The molecule has 4 rings (SSSR count). The molecule has 0 unspecified atom stereocenters. The number of carbonyl (C=O) groups excluding carboxylic acids is 1. The van der Waals surface area contributed by atoms with E-state index in [2.05, 4.69) is 32.7 Å². The predicted molar refractivity (Wildman–Crippen MR) is 121 cm³/mol. The van der Waals surface area contributed by atoms with Crippen LogP contribution in [0.15, 0.2) is 53.5 Å². The third-order valence-electron chi connectivity index (χ3n) is 5.53. The van der Waals surface area contributed by atoms with Crippen LogP contribution in [-0.4, -0.2) is 69.9 Å². The maximum absolute atomic E-state index is 12.6. The molecule has 2 aliphatic rings. The van der Waals surface area contributed by atoms with Crippen molar-refractivity contribution in [2.75, 3.05) is 58.0 Å². The van der Waals surface area contributed by atoms with Gasteiger partial charge in [0.15, 0.2) is 17.5 Å². The molecule has 2 N–H and O–H groups in total. The Morgan fingerprint density at radius 1 is 1.00 bits per heavy atom. The van der Waals surface area contributed by atoms with E-state index in [1.807, 2.05) is 41.3 Å². The molecular weight excluding hydrogens is 394 g/mol. The molecule has 2 aliphatic heterocycles. The maximum Gasteiger partial charge on any atom is 0.242 e. The van der Waals surface area contributed by atoms with Crippen molar-refractivity contribution in [1.29, 1.82) is 0 Å². The van der Waals surface area contributed by atoms with Crippen LogP contribution in [0.1, 0.15) is 5.56 Å². The third-order valence-corrected chi connectivity index (χ3v) is 5.53. The molecule has 31 heavy (non-hydrogen) atoms. The molecule has 1 saturated heterocycles.